The molecule has 1 aliphatic rings. The van der Waals surface area contributed by atoms with Crippen molar-refractivity contribution in [1.82, 2.24) is 10.3 Å². The Balaban J connectivity index is 1.66. The van der Waals surface area contributed by atoms with E-state index in [2.05, 4.69) is 10.5 Å². The zero-order valence-electron chi connectivity index (χ0n) is 14.8. The second-order valence-corrected chi connectivity index (χ2v) is 6.25. The normalized spacial score (nSPS) is 16.3. The summed E-state index contributed by atoms with van der Waals surface area (Å²) in [5, 5.41) is 24.3. The number of aromatic hydroxyl groups is 1. The summed E-state index contributed by atoms with van der Waals surface area (Å²) in [6.07, 6.45) is 2.49. The van der Waals surface area contributed by atoms with Crippen LogP contribution in [0.25, 0.3) is 0 Å². The standard InChI is InChI=1S/C19H18N4O5/c24-17-6-2-1-4-14(17)12-20-21-18(25)16-5-3-11-22(16)19(26)13-7-9-15(10-8-13)23(27)28/h1-2,4,6-10,12,16,24H,3,5,11H2,(H,21,25). The monoisotopic (exact) mass is 382 g/mol. The van der Waals surface area contributed by atoms with Gasteiger partial charge < -0.3 is 10.0 Å². The molecule has 0 saturated carbocycles. The lowest BCUT2D eigenvalue weighted by molar-refractivity contribution is -0.384. The summed E-state index contributed by atoms with van der Waals surface area (Å²) in [5.74, 6) is -0.756. The molecular formula is C19H18N4O5. The van der Waals surface area contributed by atoms with Gasteiger partial charge in [0.2, 0.25) is 0 Å². The van der Waals surface area contributed by atoms with Gasteiger partial charge in [-0.3, -0.25) is 19.7 Å². The molecule has 0 aromatic heterocycles. The lowest BCUT2D eigenvalue weighted by Gasteiger charge is -2.23. The van der Waals surface area contributed by atoms with Gasteiger partial charge in [0.15, 0.2) is 0 Å². The van der Waals surface area contributed by atoms with Crippen LogP contribution in [0.4, 0.5) is 5.69 Å². The Hall–Kier alpha value is -3.75. The molecule has 1 atom stereocenters. The van der Waals surface area contributed by atoms with Crippen LogP contribution in [0, 0.1) is 10.1 Å². The summed E-state index contributed by atoms with van der Waals surface area (Å²) in [7, 11) is 0. The highest BCUT2D eigenvalue weighted by atomic mass is 16.6. The maximum atomic E-state index is 12.7. The van der Waals surface area contributed by atoms with Crippen molar-refractivity contribution >= 4 is 23.7 Å². The van der Waals surface area contributed by atoms with Gasteiger partial charge in [-0.25, -0.2) is 5.43 Å². The zero-order valence-corrected chi connectivity index (χ0v) is 14.8. The number of carbonyl (C=O) groups excluding carboxylic acids is 2. The molecule has 1 aliphatic heterocycles. The van der Waals surface area contributed by atoms with Gasteiger partial charge in [-0.1, -0.05) is 12.1 Å². The van der Waals surface area contributed by atoms with Crippen LogP contribution in [0.2, 0.25) is 0 Å². The third-order valence-corrected chi connectivity index (χ3v) is 4.46. The number of hydrogen-bond donors (Lipinski definition) is 2. The van der Waals surface area contributed by atoms with Crippen LogP contribution < -0.4 is 5.43 Å². The number of nitrogens with zero attached hydrogens (tertiary/aromatic N) is 3. The molecule has 2 amide bonds. The van der Waals surface area contributed by atoms with Crippen molar-refractivity contribution in [3.8, 4) is 5.75 Å². The Labute approximate surface area is 160 Å². The number of nitro groups is 1. The minimum Gasteiger partial charge on any atom is -0.507 e. The number of non-ortho nitro benzene ring substituents is 1. The Kier molecular flexibility index (Phi) is 5.64. The van der Waals surface area contributed by atoms with Gasteiger partial charge in [-0.05, 0) is 37.1 Å². The van der Waals surface area contributed by atoms with Crippen LogP contribution >= 0.6 is 0 Å². The number of amides is 2. The summed E-state index contributed by atoms with van der Waals surface area (Å²) in [6, 6.07) is 11.1. The number of benzene rings is 2. The van der Waals surface area contributed by atoms with Crippen molar-refractivity contribution in [2.75, 3.05) is 6.54 Å². The molecular weight excluding hydrogens is 364 g/mol. The number of phenolic OH excluding ortho intramolecular Hbond substituents is 1. The lowest BCUT2D eigenvalue weighted by atomic mass is 10.1. The van der Waals surface area contributed by atoms with Gasteiger partial charge in [0.1, 0.15) is 11.8 Å². The first kappa shape index (κ1) is 19.0. The third-order valence-electron chi connectivity index (χ3n) is 4.46. The van der Waals surface area contributed by atoms with Gasteiger partial charge in [0, 0.05) is 29.8 Å². The van der Waals surface area contributed by atoms with Gasteiger partial charge in [0.25, 0.3) is 17.5 Å². The molecule has 1 heterocycles. The summed E-state index contributed by atoms with van der Waals surface area (Å²) in [5.41, 5.74) is 3.02. The number of para-hydroxylation sites is 1. The van der Waals surface area contributed by atoms with E-state index in [9.17, 15) is 24.8 Å². The Bertz CT molecular complexity index is 926. The smallest absolute Gasteiger partial charge is 0.269 e. The quantitative estimate of drug-likeness (QED) is 0.465. The number of rotatable bonds is 5. The molecule has 0 spiro atoms. The molecule has 2 aromatic rings. The molecule has 1 fully saturated rings. The highest BCUT2D eigenvalue weighted by Crippen LogP contribution is 2.22. The largest absolute Gasteiger partial charge is 0.507 e. The Morgan fingerprint density at radius 2 is 1.93 bits per heavy atom. The average Bonchev–Trinajstić information content (AvgIpc) is 3.19. The minimum absolute atomic E-state index is 0.0383. The van der Waals surface area contributed by atoms with Crippen LogP contribution in [0.5, 0.6) is 5.75 Å². The Morgan fingerprint density at radius 3 is 2.61 bits per heavy atom. The highest BCUT2D eigenvalue weighted by molar-refractivity contribution is 5.98. The maximum absolute atomic E-state index is 12.7. The molecule has 0 bridgehead atoms. The first-order chi connectivity index (χ1) is 13.5. The van der Waals surface area contributed by atoms with Crippen molar-refractivity contribution in [2.24, 2.45) is 5.10 Å². The molecule has 9 heteroatoms. The molecule has 144 valence electrons. The highest BCUT2D eigenvalue weighted by Gasteiger charge is 2.34. The average molecular weight is 382 g/mol. The van der Waals surface area contributed by atoms with Crippen molar-refractivity contribution < 1.29 is 19.6 Å². The number of nitrogens with one attached hydrogen (secondary N) is 1. The number of hydrazone groups is 1. The number of phenols is 1. The second kappa shape index (κ2) is 8.30. The molecule has 2 N–H and O–H groups in total. The predicted molar refractivity (Wildman–Crippen MR) is 101 cm³/mol. The molecule has 0 radical (unpaired) electrons. The number of hydrogen-bond acceptors (Lipinski definition) is 6. The van der Waals surface area contributed by atoms with Crippen LogP contribution in [0.1, 0.15) is 28.8 Å². The fourth-order valence-corrected chi connectivity index (χ4v) is 3.01. The summed E-state index contributed by atoms with van der Waals surface area (Å²) in [6.45, 7) is 0.414. The second-order valence-electron chi connectivity index (χ2n) is 6.25. The number of likely N-dealkylation sites (tertiary alicyclic amines) is 1. The van der Waals surface area contributed by atoms with Crippen LogP contribution in [-0.4, -0.2) is 45.5 Å². The van der Waals surface area contributed by atoms with Gasteiger partial charge in [-0.15, -0.1) is 0 Å². The molecule has 0 aliphatic carbocycles. The number of nitro benzene ring substituents is 1. The van der Waals surface area contributed by atoms with Crippen LogP contribution in [0.15, 0.2) is 53.6 Å². The van der Waals surface area contributed by atoms with E-state index in [1.54, 1.807) is 18.2 Å². The van der Waals surface area contributed by atoms with E-state index in [4.69, 9.17) is 0 Å². The van der Waals surface area contributed by atoms with Crippen molar-refractivity contribution in [1.29, 1.82) is 0 Å². The van der Waals surface area contributed by atoms with Gasteiger partial charge in [0.05, 0.1) is 11.1 Å². The fourth-order valence-electron chi connectivity index (χ4n) is 3.01. The Morgan fingerprint density at radius 1 is 1.21 bits per heavy atom. The SMILES string of the molecule is O=C(NN=Cc1ccccc1O)C1CCCN1C(=O)c1ccc([N+](=O)[O-])cc1. The van der Waals surface area contributed by atoms with E-state index in [0.29, 0.717) is 24.9 Å². The van der Waals surface area contributed by atoms with Gasteiger partial charge >= 0.3 is 0 Å². The predicted octanol–water partition coefficient (Wildman–Crippen LogP) is 2.06. The van der Waals surface area contributed by atoms with E-state index in [1.807, 2.05) is 0 Å². The van der Waals surface area contributed by atoms with Crippen molar-refractivity contribution in [3.05, 3.63) is 69.8 Å². The molecule has 2 aromatic carbocycles. The lowest BCUT2D eigenvalue weighted by Crippen LogP contribution is -2.44. The first-order valence-electron chi connectivity index (χ1n) is 8.63. The first-order valence-corrected chi connectivity index (χ1v) is 8.63. The van der Waals surface area contributed by atoms with E-state index in [1.165, 1.54) is 41.4 Å². The molecule has 1 unspecified atom stereocenters. The van der Waals surface area contributed by atoms with Crippen molar-refractivity contribution in [2.45, 2.75) is 18.9 Å². The molecule has 28 heavy (non-hydrogen) atoms. The molecule has 3 rings (SSSR count). The van der Waals surface area contributed by atoms with E-state index in [0.717, 1.165) is 0 Å². The summed E-state index contributed by atoms with van der Waals surface area (Å²) >= 11 is 0. The maximum Gasteiger partial charge on any atom is 0.269 e. The van der Waals surface area contributed by atoms with E-state index < -0.39 is 16.9 Å². The van der Waals surface area contributed by atoms with Crippen LogP contribution in [-0.2, 0) is 4.79 Å². The minimum atomic E-state index is -0.677. The zero-order chi connectivity index (χ0) is 20.1. The van der Waals surface area contributed by atoms with Gasteiger partial charge in [-0.2, -0.15) is 5.10 Å². The van der Waals surface area contributed by atoms with Crippen molar-refractivity contribution in [3.63, 3.8) is 0 Å². The topological polar surface area (TPSA) is 125 Å². The van der Waals surface area contributed by atoms with Crippen LogP contribution in [0.3, 0.4) is 0 Å². The van der Waals surface area contributed by atoms with E-state index >= 15 is 0 Å². The third kappa shape index (κ3) is 4.14. The fraction of sp³-hybridized carbons (Fsp3) is 0.211. The van der Waals surface area contributed by atoms with E-state index in [-0.39, 0.29) is 22.9 Å². The molecule has 9 nitrogen and oxygen atoms in total. The molecule has 1 saturated heterocycles. The summed E-state index contributed by atoms with van der Waals surface area (Å²) < 4.78 is 0. The number of carbonyl (C=O) groups is 2. The summed E-state index contributed by atoms with van der Waals surface area (Å²) in [4.78, 5) is 36.8.